The Morgan fingerprint density at radius 3 is 1.77 bits per heavy atom. The van der Waals surface area contributed by atoms with Crippen molar-refractivity contribution in [1.29, 1.82) is 0 Å². The molecule has 0 aliphatic carbocycles. The molecule has 0 fully saturated rings. The highest BCUT2D eigenvalue weighted by atomic mass is 32.1. The number of aliphatic carboxylic acids is 2. The van der Waals surface area contributed by atoms with Gasteiger partial charge in [0.1, 0.15) is 5.82 Å². The van der Waals surface area contributed by atoms with Gasteiger partial charge in [-0.25, -0.2) is 19.6 Å². The van der Waals surface area contributed by atoms with Gasteiger partial charge < -0.3 is 15.2 Å². The fourth-order valence-electron chi connectivity index (χ4n) is 1.82. The Morgan fingerprint density at radius 2 is 1.48 bits per heavy atom. The van der Waals surface area contributed by atoms with Crippen LogP contribution >= 0.6 is 11.3 Å². The molecule has 2 heterocycles. The lowest BCUT2D eigenvalue weighted by Gasteiger charge is -2.14. The van der Waals surface area contributed by atoms with Crippen molar-refractivity contribution in [2.75, 3.05) is 7.05 Å². The number of carboxylic acid groups (broad SMARTS) is 2. The van der Waals surface area contributed by atoms with Crippen molar-refractivity contribution in [1.82, 2.24) is 19.9 Å². The highest BCUT2D eigenvalue weighted by Gasteiger charge is 2.38. The van der Waals surface area contributed by atoms with Gasteiger partial charge in [0.15, 0.2) is 0 Å². The van der Waals surface area contributed by atoms with Crippen LogP contribution in [0.4, 0.5) is 26.3 Å². The van der Waals surface area contributed by atoms with E-state index in [0.29, 0.717) is 0 Å². The number of hydrogen-bond donors (Lipinski definition) is 3. The molecule has 0 aromatic carbocycles. The van der Waals surface area contributed by atoms with Gasteiger partial charge in [0.05, 0.1) is 17.2 Å². The molecule has 0 saturated heterocycles. The molecule has 0 saturated carbocycles. The summed E-state index contributed by atoms with van der Waals surface area (Å²) < 4.78 is 63.5. The van der Waals surface area contributed by atoms with Crippen LogP contribution in [0.25, 0.3) is 0 Å². The molecule has 0 radical (unpaired) electrons. The summed E-state index contributed by atoms with van der Waals surface area (Å²) in [6.07, 6.45) is -8.30. The number of nitrogens with zero attached hydrogens (tertiary/aromatic N) is 3. The fourth-order valence-corrected chi connectivity index (χ4v) is 2.84. The van der Waals surface area contributed by atoms with E-state index >= 15 is 0 Å². The van der Waals surface area contributed by atoms with E-state index in [1.54, 1.807) is 11.3 Å². The summed E-state index contributed by atoms with van der Waals surface area (Å²) in [4.78, 5) is 33.4. The van der Waals surface area contributed by atoms with Crippen LogP contribution in [0.5, 0.6) is 0 Å². The van der Waals surface area contributed by atoms with Crippen LogP contribution in [0.3, 0.4) is 0 Å². The van der Waals surface area contributed by atoms with Crippen LogP contribution in [0, 0.1) is 20.8 Å². The first kappa shape index (κ1) is 28.3. The molecule has 15 heteroatoms. The minimum atomic E-state index is -5.08. The van der Waals surface area contributed by atoms with Crippen molar-refractivity contribution >= 4 is 23.3 Å². The third kappa shape index (κ3) is 11.9. The number of aromatic nitrogens is 3. The highest BCUT2D eigenvalue weighted by Crippen LogP contribution is 2.19. The molecule has 0 amide bonds. The van der Waals surface area contributed by atoms with Crippen molar-refractivity contribution in [2.45, 2.75) is 46.2 Å². The molecule has 0 atom stereocenters. The Labute approximate surface area is 176 Å². The predicted molar refractivity (Wildman–Crippen MR) is 97.5 cm³/mol. The molecule has 0 aliphatic rings. The molecule has 8 nitrogen and oxygen atoms in total. The van der Waals surface area contributed by atoms with Crippen LogP contribution in [-0.4, -0.2) is 61.4 Å². The van der Waals surface area contributed by atoms with Gasteiger partial charge in [-0.15, -0.1) is 11.3 Å². The van der Waals surface area contributed by atoms with E-state index in [2.05, 4.69) is 40.7 Å². The standard InChI is InChI=1S/C12H18N4S.2C2HF3O2/c1-8-5-13-12(14-8)7-16(4)6-11-9(2)15-10(3)17-11;2*3-2(4,5)1(6)7/h5H,6-7H2,1-4H3,(H,13,14);2*(H,6,7). The number of aromatic amines is 1. The number of rotatable bonds is 4. The Balaban J connectivity index is 0.000000536. The second kappa shape index (κ2) is 11.6. The topological polar surface area (TPSA) is 119 Å². The van der Waals surface area contributed by atoms with E-state index in [-0.39, 0.29) is 0 Å². The number of carboxylic acids is 2. The molecule has 176 valence electrons. The fraction of sp³-hybridized carbons (Fsp3) is 0.500. The first-order valence-corrected chi connectivity index (χ1v) is 8.97. The molecule has 0 bridgehead atoms. The third-order valence-corrected chi connectivity index (χ3v) is 4.13. The van der Waals surface area contributed by atoms with Gasteiger partial charge in [-0.3, -0.25) is 4.90 Å². The van der Waals surface area contributed by atoms with E-state index < -0.39 is 24.3 Å². The van der Waals surface area contributed by atoms with E-state index in [1.807, 2.05) is 13.1 Å². The zero-order valence-corrected chi connectivity index (χ0v) is 17.5. The number of hydrogen-bond acceptors (Lipinski definition) is 6. The lowest BCUT2D eigenvalue weighted by atomic mass is 10.3. The van der Waals surface area contributed by atoms with Crippen molar-refractivity contribution < 1.29 is 46.1 Å². The van der Waals surface area contributed by atoms with Crippen LogP contribution in [-0.2, 0) is 22.7 Å². The quantitative estimate of drug-likeness (QED) is 0.574. The van der Waals surface area contributed by atoms with Gasteiger partial charge in [-0.2, -0.15) is 26.3 Å². The summed E-state index contributed by atoms with van der Waals surface area (Å²) in [5.41, 5.74) is 2.26. The first-order chi connectivity index (χ1) is 13.9. The molecule has 0 unspecified atom stereocenters. The number of carbonyl (C=O) groups is 2. The van der Waals surface area contributed by atoms with Crippen LogP contribution < -0.4 is 0 Å². The summed E-state index contributed by atoms with van der Waals surface area (Å²) >= 11 is 1.78. The molecule has 2 aromatic heterocycles. The van der Waals surface area contributed by atoms with E-state index in [1.165, 1.54) is 4.88 Å². The summed E-state index contributed by atoms with van der Waals surface area (Å²) in [5, 5.41) is 15.4. The summed E-state index contributed by atoms with van der Waals surface area (Å²) in [6, 6.07) is 0. The van der Waals surface area contributed by atoms with E-state index in [9.17, 15) is 26.3 Å². The molecule has 2 aromatic rings. The molecular weight excluding hydrogens is 458 g/mol. The number of alkyl halides is 6. The molecule has 31 heavy (non-hydrogen) atoms. The smallest absolute Gasteiger partial charge is 0.475 e. The number of halogens is 6. The largest absolute Gasteiger partial charge is 0.490 e. The lowest BCUT2D eigenvalue weighted by molar-refractivity contribution is -0.193. The van der Waals surface area contributed by atoms with Gasteiger partial charge in [-0.1, -0.05) is 0 Å². The minimum Gasteiger partial charge on any atom is -0.475 e. The maximum atomic E-state index is 10.6. The number of aryl methyl sites for hydroxylation is 3. The second-order valence-corrected chi connectivity index (χ2v) is 7.32. The highest BCUT2D eigenvalue weighted by molar-refractivity contribution is 7.11. The number of nitrogens with one attached hydrogen (secondary N) is 1. The average molecular weight is 478 g/mol. The number of H-pyrrole nitrogens is 1. The average Bonchev–Trinajstić information content (AvgIpc) is 3.11. The van der Waals surface area contributed by atoms with Gasteiger partial charge >= 0.3 is 24.3 Å². The third-order valence-electron chi connectivity index (χ3n) is 3.07. The number of imidazole rings is 1. The Kier molecular flexibility index (Phi) is 10.6. The molecule has 0 aliphatic heterocycles. The van der Waals surface area contributed by atoms with Crippen LogP contribution in [0.1, 0.15) is 27.1 Å². The lowest BCUT2D eigenvalue weighted by Crippen LogP contribution is -2.21. The minimum absolute atomic E-state index is 0.838. The SMILES string of the molecule is Cc1cnc(CN(C)Cc2sc(C)nc2C)[nH]1.O=C(O)C(F)(F)F.O=C(O)C(F)(F)F. The molecule has 3 N–H and O–H groups in total. The van der Waals surface area contributed by atoms with E-state index in [0.717, 1.165) is 35.3 Å². The first-order valence-electron chi connectivity index (χ1n) is 8.15. The van der Waals surface area contributed by atoms with Gasteiger partial charge in [0.25, 0.3) is 0 Å². The monoisotopic (exact) mass is 478 g/mol. The van der Waals surface area contributed by atoms with Gasteiger partial charge in [0, 0.05) is 23.3 Å². The summed E-state index contributed by atoms with van der Waals surface area (Å²) in [5.74, 6) is -4.50. The predicted octanol–water partition coefficient (Wildman–Crippen LogP) is 3.69. The summed E-state index contributed by atoms with van der Waals surface area (Å²) in [7, 11) is 2.10. The maximum Gasteiger partial charge on any atom is 0.490 e. The zero-order chi connectivity index (χ0) is 24.6. The molecule has 2 rings (SSSR count). The van der Waals surface area contributed by atoms with Crippen LogP contribution in [0.15, 0.2) is 6.20 Å². The Hall–Kier alpha value is -2.68. The maximum absolute atomic E-state index is 10.6. The Bertz CT molecular complexity index is 839. The van der Waals surface area contributed by atoms with Gasteiger partial charge in [-0.05, 0) is 27.8 Å². The van der Waals surface area contributed by atoms with Crippen molar-refractivity contribution in [2.24, 2.45) is 0 Å². The summed E-state index contributed by atoms with van der Waals surface area (Å²) in [6.45, 7) is 7.91. The van der Waals surface area contributed by atoms with Crippen molar-refractivity contribution in [3.05, 3.63) is 33.3 Å². The zero-order valence-electron chi connectivity index (χ0n) is 16.7. The van der Waals surface area contributed by atoms with Crippen LogP contribution in [0.2, 0.25) is 0 Å². The van der Waals surface area contributed by atoms with Gasteiger partial charge in [0.2, 0.25) is 0 Å². The molecule has 0 spiro atoms. The van der Waals surface area contributed by atoms with Crippen molar-refractivity contribution in [3.8, 4) is 0 Å². The second-order valence-electron chi connectivity index (χ2n) is 6.03. The van der Waals surface area contributed by atoms with E-state index in [4.69, 9.17) is 19.8 Å². The molecular formula is C16H20F6N4O4S. The number of thiazole rings is 1. The Morgan fingerprint density at radius 1 is 1.03 bits per heavy atom. The normalized spacial score (nSPS) is 11.3. The van der Waals surface area contributed by atoms with Crippen molar-refractivity contribution in [3.63, 3.8) is 0 Å².